The van der Waals surface area contributed by atoms with Crippen LogP contribution in [0.25, 0.3) is 0 Å². The Balaban J connectivity index is 3.96. The highest BCUT2D eigenvalue weighted by molar-refractivity contribution is 7.39. The van der Waals surface area contributed by atoms with Crippen LogP contribution in [0, 0.1) is 11.8 Å². The lowest BCUT2D eigenvalue weighted by Crippen LogP contribution is -2.16. The predicted molar refractivity (Wildman–Crippen MR) is 70.8 cm³/mol. The van der Waals surface area contributed by atoms with Crippen LogP contribution in [0.5, 0.6) is 0 Å². The number of rotatable bonds is 7. The van der Waals surface area contributed by atoms with Gasteiger partial charge in [-0.1, -0.05) is 48.0 Å². The number of hydrogen-bond acceptors (Lipinski definition) is 0. The minimum absolute atomic E-state index is 0.888. The first-order valence-corrected chi connectivity index (χ1v) is 7.42. The molecule has 0 aliphatic heterocycles. The van der Waals surface area contributed by atoms with E-state index in [1.54, 1.807) is 0 Å². The van der Waals surface area contributed by atoms with Crippen molar-refractivity contribution in [3.8, 4) is 0 Å². The second kappa shape index (κ2) is 7.69. The molecule has 0 heterocycles. The van der Waals surface area contributed by atoms with E-state index in [2.05, 4.69) is 41.5 Å². The van der Waals surface area contributed by atoms with Crippen molar-refractivity contribution >= 4 is 8.58 Å². The van der Waals surface area contributed by atoms with Gasteiger partial charge in [-0.15, -0.1) is 8.58 Å². The van der Waals surface area contributed by atoms with Crippen LogP contribution in [-0.2, 0) is 0 Å². The maximum atomic E-state index is 2.45. The lowest BCUT2D eigenvalue weighted by molar-refractivity contribution is 0.390. The van der Waals surface area contributed by atoms with Gasteiger partial charge in [-0.3, -0.25) is 0 Å². The molecule has 86 valence electrons. The average molecular weight is 216 g/mol. The first-order valence-electron chi connectivity index (χ1n) is 6.27. The van der Waals surface area contributed by atoms with Crippen LogP contribution in [0.4, 0.5) is 0 Å². The Labute approximate surface area is 93.0 Å². The molecule has 0 rings (SSSR count). The van der Waals surface area contributed by atoms with Crippen molar-refractivity contribution in [2.75, 3.05) is 0 Å². The van der Waals surface area contributed by atoms with Crippen LogP contribution >= 0.6 is 8.58 Å². The molecule has 1 heteroatoms. The summed E-state index contributed by atoms with van der Waals surface area (Å²) in [5.41, 5.74) is 1.86. The molecule has 4 unspecified atom stereocenters. The zero-order valence-electron chi connectivity index (χ0n) is 10.9. The maximum Gasteiger partial charge on any atom is -0.0211 e. The minimum atomic E-state index is 0.888. The Bertz CT molecular complexity index is 131. The third-order valence-corrected chi connectivity index (χ3v) is 5.22. The summed E-state index contributed by atoms with van der Waals surface area (Å²) in [6.45, 7) is 14.2. The topological polar surface area (TPSA) is 0 Å². The van der Waals surface area contributed by atoms with Gasteiger partial charge in [0, 0.05) is 0 Å². The molecule has 0 saturated heterocycles. The number of hydrogen-bond donors (Lipinski definition) is 0. The molecule has 0 N–H and O–H groups in total. The van der Waals surface area contributed by atoms with Crippen molar-refractivity contribution < 1.29 is 0 Å². The predicted octanol–water partition coefficient (Wildman–Crippen LogP) is 4.92. The molecule has 0 aromatic rings. The van der Waals surface area contributed by atoms with Crippen LogP contribution in [-0.4, -0.2) is 11.3 Å². The summed E-state index contributed by atoms with van der Waals surface area (Å²) in [4.78, 5) is 0. The van der Waals surface area contributed by atoms with Gasteiger partial charge in [-0.25, -0.2) is 0 Å². The first kappa shape index (κ1) is 14.4. The summed E-state index contributed by atoms with van der Waals surface area (Å²) in [6.07, 6.45) is 4.13. The fourth-order valence-corrected chi connectivity index (χ4v) is 3.63. The Morgan fingerprint density at radius 2 is 1.50 bits per heavy atom. The summed E-state index contributed by atoms with van der Waals surface area (Å²) in [5.74, 6) is 1.84. The molecule has 0 amide bonds. The van der Waals surface area contributed by atoms with E-state index < -0.39 is 0 Å². The summed E-state index contributed by atoms with van der Waals surface area (Å²) in [6, 6.07) is 0. The molecule has 0 spiro atoms. The normalized spacial score (nSPS) is 19.1. The van der Waals surface area contributed by atoms with Gasteiger partial charge in [-0.2, -0.15) is 0 Å². The van der Waals surface area contributed by atoms with Gasteiger partial charge in [0.15, 0.2) is 0 Å². The molecule has 0 aliphatic carbocycles. The van der Waals surface area contributed by atoms with Gasteiger partial charge < -0.3 is 0 Å². The SMILES string of the molecule is CCC(C)CC(C)C(CC)PC(C)C. The lowest BCUT2D eigenvalue weighted by Gasteiger charge is -2.26. The van der Waals surface area contributed by atoms with Crippen molar-refractivity contribution in [3.63, 3.8) is 0 Å². The summed E-state index contributed by atoms with van der Waals surface area (Å²) in [7, 11) is 1.16. The smallest absolute Gasteiger partial charge is 0.0211 e. The molecule has 4 atom stereocenters. The highest BCUT2D eigenvalue weighted by atomic mass is 31.1. The van der Waals surface area contributed by atoms with E-state index in [0.29, 0.717) is 0 Å². The van der Waals surface area contributed by atoms with Crippen molar-refractivity contribution in [2.24, 2.45) is 11.8 Å². The van der Waals surface area contributed by atoms with Crippen LogP contribution in [0.2, 0.25) is 0 Å². The molecular formula is C13H29P. The summed E-state index contributed by atoms with van der Waals surface area (Å²) in [5, 5.41) is 0. The van der Waals surface area contributed by atoms with Crippen LogP contribution in [0.1, 0.15) is 60.8 Å². The second-order valence-electron chi connectivity index (χ2n) is 5.06. The quantitative estimate of drug-likeness (QED) is 0.530. The van der Waals surface area contributed by atoms with Crippen LogP contribution in [0.3, 0.4) is 0 Å². The van der Waals surface area contributed by atoms with E-state index in [1.165, 1.54) is 19.3 Å². The maximum absolute atomic E-state index is 2.45. The van der Waals surface area contributed by atoms with Gasteiger partial charge in [-0.05, 0) is 36.0 Å². The zero-order chi connectivity index (χ0) is 11.1. The van der Waals surface area contributed by atoms with E-state index in [-0.39, 0.29) is 0 Å². The Morgan fingerprint density at radius 1 is 0.929 bits per heavy atom. The molecule has 0 fully saturated rings. The van der Waals surface area contributed by atoms with E-state index in [1.807, 2.05) is 0 Å². The van der Waals surface area contributed by atoms with Crippen LogP contribution in [0.15, 0.2) is 0 Å². The molecule has 0 aliphatic rings. The summed E-state index contributed by atoms with van der Waals surface area (Å²) < 4.78 is 0. The monoisotopic (exact) mass is 216 g/mol. The molecule has 0 aromatic heterocycles. The molecule has 0 aromatic carbocycles. The molecule has 0 nitrogen and oxygen atoms in total. The fourth-order valence-electron chi connectivity index (χ4n) is 2.08. The van der Waals surface area contributed by atoms with Crippen molar-refractivity contribution in [1.29, 1.82) is 0 Å². The second-order valence-corrected chi connectivity index (χ2v) is 7.29. The highest BCUT2D eigenvalue weighted by Gasteiger charge is 2.18. The van der Waals surface area contributed by atoms with Crippen molar-refractivity contribution in [3.05, 3.63) is 0 Å². The standard InChI is InChI=1S/C13H29P/c1-7-11(5)9-12(6)13(8-2)14-10(3)4/h10-14H,7-9H2,1-6H3. The van der Waals surface area contributed by atoms with Crippen molar-refractivity contribution in [1.82, 2.24) is 0 Å². The largest absolute Gasteiger partial charge is 0.116 e. The molecule has 14 heavy (non-hydrogen) atoms. The van der Waals surface area contributed by atoms with E-state index in [4.69, 9.17) is 0 Å². The average Bonchev–Trinajstić information content (AvgIpc) is 2.13. The van der Waals surface area contributed by atoms with E-state index >= 15 is 0 Å². The molecule has 0 saturated carbocycles. The Morgan fingerprint density at radius 3 is 1.86 bits per heavy atom. The van der Waals surface area contributed by atoms with Crippen LogP contribution < -0.4 is 0 Å². The van der Waals surface area contributed by atoms with Crippen molar-refractivity contribution in [2.45, 2.75) is 72.1 Å². The molecule has 0 radical (unpaired) electrons. The summed E-state index contributed by atoms with van der Waals surface area (Å²) >= 11 is 0. The third kappa shape index (κ3) is 6.02. The Hall–Kier alpha value is 0.430. The third-order valence-electron chi connectivity index (χ3n) is 3.15. The van der Waals surface area contributed by atoms with Gasteiger partial charge >= 0.3 is 0 Å². The Kier molecular flexibility index (Phi) is 7.92. The van der Waals surface area contributed by atoms with E-state index in [9.17, 15) is 0 Å². The molecule has 0 bridgehead atoms. The van der Waals surface area contributed by atoms with Gasteiger partial charge in [0.1, 0.15) is 0 Å². The molecular weight excluding hydrogens is 187 g/mol. The zero-order valence-corrected chi connectivity index (χ0v) is 11.9. The van der Waals surface area contributed by atoms with Gasteiger partial charge in [0.25, 0.3) is 0 Å². The first-order chi connectivity index (χ1) is 6.51. The lowest BCUT2D eigenvalue weighted by atomic mass is 9.92. The van der Waals surface area contributed by atoms with Gasteiger partial charge in [0.05, 0.1) is 0 Å². The van der Waals surface area contributed by atoms with Gasteiger partial charge in [0.2, 0.25) is 0 Å². The minimum Gasteiger partial charge on any atom is -0.116 e. The van der Waals surface area contributed by atoms with E-state index in [0.717, 1.165) is 31.7 Å². The highest BCUT2D eigenvalue weighted by Crippen LogP contribution is 2.35. The fraction of sp³-hybridized carbons (Fsp3) is 1.00.